The Balaban J connectivity index is 1.74. The van der Waals surface area contributed by atoms with Gasteiger partial charge in [-0.05, 0) is 48.7 Å². The number of benzene rings is 1. The van der Waals surface area contributed by atoms with E-state index >= 15 is 0 Å². The maximum absolute atomic E-state index is 11.2. The minimum atomic E-state index is -0.200. The molecule has 3 rings (SSSR count). The van der Waals surface area contributed by atoms with Crippen molar-refractivity contribution < 1.29 is 9.90 Å². The molecule has 0 unspecified atom stereocenters. The lowest BCUT2D eigenvalue weighted by Gasteiger charge is -2.30. The van der Waals surface area contributed by atoms with E-state index in [0.717, 1.165) is 37.3 Å². The summed E-state index contributed by atoms with van der Waals surface area (Å²) in [4.78, 5) is 13.4. The van der Waals surface area contributed by atoms with Crippen molar-refractivity contribution in [2.24, 2.45) is 5.73 Å². The average Bonchev–Trinajstić information content (AvgIpc) is 2.67. The summed E-state index contributed by atoms with van der Waals surface area (Å²) in [5.74, 6) is 0.717. The molecule has 4 N–H and O–H groups in total. The third-order valence-corrected chi connectivity index (χ3v) is 4.49. The van der Waals surface area contributed by atoms with E-state index in [-0.39, 0.29) is 17.7 Å². The molecule has 1 fully saturated rings. The number of nitrogens with one attached hydrogen (secondary N) is 1. The van der Waals surface area contributed by atoms with Gasteiger partial charge in [-0.3, -0.25) is 4.79 Å². The van der Waals surface area contributed by atoms with E-state index in [9.17, 15) is 9.90 Å². The fourth-order valence-electron chi connectivity index (χ4n) is 2.89. The van der Waals surface area contributed by atoms with E-state index in [1.165, 1.54) is 6.08 Å². The fraction of sp³-hybridized carbons (Fsp3) is 0.316. The first-order valence-electron chi connectivity index (χ1n) is 8.64. The molecule has 1 aromatic carbocycles. The lowest BCUT2D eigenvalue weighted by atomic mass is 10.1. The summed E-state index contributed by atoms with van der Waals surface area (Å²) in [5, 5.41) is 21.3. The molecular weight excluding hydrogens is 330 g/mol. The standard InChI is InChI=1S/C19H23N5O2/c1-21-19(26)7-3-13-2-4-15(17(25)12-13)16-5-6-18(23-22-16)24-10-8-14(20)9-11-24/h2-7,12,14,25H,8-11,20H2,1H3,(H,21,26)/b7-3+. The van der Waals surface area contributed by atoms with Gasteiger partial charge in [-0.2, -0.15) is 0 Å². The molecule has 2 aromatic rings. The van der Waals surface area contributed by atoms with Crippen LogP contribution in [0.15, 0.2) is 36.4 Å². The molecule has 26 heavy (non-hydrogen) atoms. The van der Waals surface area contributed by atoms with E-state index in [1.54, 1.807) is 25.3 Å². The molecule has 0 saturated carbocycles. The molecule has 1 amide bonds. The van der Waals surface area contributed by atoms with Crippen LogP contribution in [0.5, 0.6) is 5.75 Å². The van der Waals surface area contributed by atoms with Crippen molar-refractivity contribution in [3.8, 4) is 17.0 Å². The Labute approximate surface area is 152 Å². The number of piperidine rings is 1. The van der Waals surface area contributed by atoms with Crippen LogP contribution >= 0.6 is 0 Å². The van der Waals surface area contributed by atoms with Gasteiger partial charge in [-0.25, -0.2) is 0 Å². The topological polar surface area (TPSA) is 104 Å². The number of aromatic hydroxyl groups is 1. The highest BCUT2D eigenvalue weighted by Gasteiger charge is 2.17. The first kappa shape index (κ1) is 17.9. The van der Waals surface area contributed by atoms with Gasteiger partial charge < -0.3 is 21.1 Å². The van der Waals surface area contributed by atoms with E-state index in [1.807, 2.05) is 18.2 Å². The van der Waals surface area contributed by atoms with Gasteiger partial charge in [-0.1, -0.05) is 6.07 Å². The smallest absolute Gasteiger partial charge is 0.243 e. The lowest BCUT2D eigenvalue weighted by molar-refractivity contribution is -0.115. The first-order valence-corrected chi connectivity index (χ1v) is 8.64. The Bertz CT molecular complexity index is 796. The highest BCUT2D eigenvalue weighted by atomic mass is 16.3. The van der Waals surface area contributed by atoms with Crippen LogP contribution in [0.25, 0.3) is 17.3 Å². The molecular formula is C19H23N5O2. The van der Waals surface area contributed by atoms with Crippen molar-refractivity contribution in [2.75, 3.05) is 25.0 Å². The summed E-state index contributed by atoms with van der Waals surface area (Å²) in [6, 6.07) is 9.21. The van der Waals surface area contributed by atoms with Gasteiger partial charge in [0.05, 0.1) is 5.69 Å². The second-order valence-corrected chi connectivity index (χ2v) is 6.33. The second-order valence-electron chi connectivity index (χ2n) is 6.33. The number of carbonyl (C=O) groups excluding carboxylic acids is 1. The minimum absolute atomic E-state index is 0.0926. The van der Waals surface area contributed by atoms with Crippen LogP contribution in [0.2, 0.25) is 0 Å². The minimum Gasteiger partial charge on any atom is -0.507 e. The average molecular weight is 353 g/mol. The molecule has 0 bridgehead atoms. The predicted molar refractivity (Wildman–Crippen MR) is 102 cm³/mol. The van der Waals surface area contributed by atoms with Crippen molar-refractivity contribution in [3.63, 3.8) is 0 Å². The summed E-state index contributed by atoms with van der Waals surface area (Å²) in [6.45, 7) is 1.76. The Morgan fingerprint density at radius 3 is 2.65 bits per heavy atom. The number of nitrogens with zero attached hydrogens (tertiary/aromatic N) is 3. The van der Waals surface area contributed by atoms with Gasteiger partial charge in [0.1, 0.15) is 5.75 Å². The van der Waals surface area contributed by atoms with Crippen molar-refractivity contribution in [1.82, 2.24) is 15.5 Å². The summed E-state index contributed by atoms with van der Waals surface area (Å²) in [7, 11) is 1.56. The molecule has 0 spiro atoms. The predicted octanol–water partition coefficient (Wildman–Crippen LogP) is 1.54. The maximum atomic E-state index is 11.2. The summed E-state index contributed by atoms with van der Waals surface area (Å²) in [6.07, 6.45) is 4.95. The van der Waals surface area contributed by atoms with Crippen molar-refractivity contribution in [2.45, 2.75) is 18.9 Å². The summed E-state index contributed by atoms with van der Waals surface area (Å²) < 4.78 is 0. The van der Waals surface area contributed by atoms with Crippen molar-refractivity contribution in [3.05, 3.63) is 42.0 Å². The number of hydrogen-bond acceptors (Lipinski definition) is 6. The normalized spacial score (nSPS) is 15.4. The number of phenolic OH excluding ortho intramolecular Hbond substituents is 1. The van der Waals surface area contributed by atoms with Crippen LogP contribution in [0.4, 0.5) is 5.82 Å². The van der Waals surface area contributed by atoms with Crippen LogP contribution in [0, 0.1) is 0 Å². The Kier molecular flexibility index (Phi) is 5.48. The third-order valence-electron chi connectivity index (χ3n) is 4.49. The molecule has 1 aromatic heterocycles. The van der Waals surface area contributed by atoms with Gasteiger partial charge in [0.15, 0.2) is 5.82 Å². The number of likely N-dealkylation sites (N-methyl/N-ethyl adjacent to an activating group) is 1. The highest BCUT2D eigenvalue weighted by molar-refractivity contribution is 5.91. The lowest BCUT2D eigenvalue weighted by Crippen LogP contribution is -2.40. The molecule has 1 saturated heterocycles. The first-order chi connectivity index (χ1) is 12.6. The van der Waals surface area contributed by atoms with E-state index in [0.29, 0.717) is 11.3 Å². The zero-order chi connectivity index (χ0) is 18.5. The van der Waals surface area contributed by atoms with Crippen LogP contribution in [-0.2, 0) is 4.79 Å². The number of rotatable bonds is 4. The zero-order valence-electron chi connectivity index (χ0n) is 14.7. The van der Waals surface area contributed by atoms with Gasteiger partial charge in [-0.15, -0.1) is 10.2 Å². The van der Waals surface area contributed by atoms with E-state index < -0.39 is 0 Å². The molecule has 1 aliphatic rings. The number of carbonyl (C=O) groups is 1. The molecule has 7 nitrogen and oxygen atoms in total. The fourth-order valence-corrected chi connectivity index (χ4v) is 2.89. The monoisotopic (exact) mass is 353 g/mol. The number of amides is 1. The van der Waals surface area contributed by atoms with Crippen molar-refractivity contribution in [1.29, 1.82) is 0 Å². The Morgan fingerprint density at radius 1 is 1.27 bits per heavy atom. The zero-order valence-corrected chi connectivity index (χ0v) is 14.7. The number of hydrogen-bond donors (Lipinski definition) is 3. The Hall–Kier alpha value is -2.93. The number of aromatic nitrogens is 2. The van der Waals surface area contributed by atoms with Gasteiger partial charge in [0.25, 0.3) is 0 Å². The van der Waals surface area contributed by atoms with Crippen molar-refractivity contribution >= 4 is 17.8 Å². The van der Waals surface area contributed by atoms with Gasteiger partial charge in [0.2, 0.25) is 5.91 Å². The van der Waals surface area contributed by atoms with Crippen LogP contribution in [0.3, 0.4) is 0 Å². The molecule has 0 aliphatic carbocycles. The summed E-state index contributed by atoms with van der Waals surface area (Å²) in [5.41, 5.74) is 7.86. The van der Waals surface area contributed by atoms with E-state index in [2.05, 4.69) is 20.4 Å². The summed E-state index contributed by atoms with van der Waals surface area (Å²) >= 11 is 0. The van der Waals surface area contributed by atoms with Gasteiger partial charge >= 0.3 is 0 Å². The third kappa shape index (κ3) is 4.18. The van der Waals surface area contributed by atoms with Crippen LogP contribution in [0.1, 0.15) is 18.4 Å². The SMILES string of the molecule is CNC(=O)/C=C/c1ccc(-c2ccc(N3CCC(N)CC3)nn2)c(O)c1. The Morgan fingerprint density at radius 2 is 2.04 bits per heavy atom. The molecule has 7 heteroatoms. The molecule has 0 atom stereocenters. The highest BCUT2D eigenvalue weighted by Crippen LogP contribution is 2.29. The second kappa shape index (κ2) is 7.97. The number of nitrogens with two attached hydrogens (primary N) is 1. The number of phenols is 1. The van der Waals surface area contributed by atoms with Gasteiger partial charge in [0, 0.05) is 37.8 Å². The maximum Gasteiger partial charge on any atom is 0.243 e. The quantitative estimate of drug-likeness (QED) is 0.720. The number of anilines is 1. The largest absolute Gasteiger partial charge is 0.507 e. The van der Waals surface area contributed by atoms with Crippen LogP contribution in [-0.4, -0.2) is 47.4 Å². The van der Waals surface area contributed by atoms with Crippen LogP contribution < -0.4 is 16.0 Å². The van der Waals surface area contributed by atoms with E-state index in [4.69, 9.17) is 5.73 Å². The molecule has 2 heterocycles. The molecule has 1 aliphatic heterocycles. The molecule has 136 valence electrons. The molecule has 0 radical (unpaired) electrons.